The Morgan fingerprint density at radius 3 is 2.39 bits per heavy atom. The van der Waals surface area contributed by atoms with Crippen LogP contribution in [0.4, 0.5) is 17.6 Å². The molecule has 4 aromatic rings. The molecule has 3 aromatic carbocycles. The van der Waals surface area contributed by atoms with E-state index in [2.05, 4.69) is 5.10 Å². The largest absolute Gasteiger partial charge is 0.484 e. The van der Waals surface area contributed by atoms with E-state index in [0.29, 0.717) is 39.4 Å². The van der Waals surface area contributed by atoms with E-state index in [0.717, 1.165) is 5.56 Å². The van der Waals surface area contributed by atoms with Gasteiger partial charge in [-0.25, -0.2) is 9.07 Å². The van der Waals surface area contributed by atoms with Crippen molar-refractivity contribution in [1.82, 2.24) is 15.1 Å². The van der Waals surface area contributed by atoms with Crippen molar-refractivity contribution >= 4 is 27.6 Å². The van der Waals surface area contributed by atoms with E-state index in [1.54, 1.807) is 65.5 Å². The molecule has 6 nitrogen and oxygen atoms in total. The van der Waals surface area contributed by atoms with Crippen LogP contribution in [0, 0.1) is 5.82 Å². The van der Waals surface area contributed by atoms with Crippen molar-refractivity contribution in [1.29, 1.82) is 0 Å². The lowest BCUT2D eigenvalue weighted by Crippen LogP contribution is -2.45. The highest BCUT2D eigenvalue weighted by molar-refractivity contribution is 7.84. The van der Waals surface area contributed by atoms with Crippen molar-refractivity contribution < 1.29 is 31.3 Å². The van der Waals surface area contributed by atoms with E-state index < -0.39 is 35.0 Å². The first-order valence-corrected chi connectivity index (χ1v) is 13.3. The van der Waals surface area contributed by atoms with Gasteiger partial charge in [0.25, 0.3) is 0 Å². The van der Waals surface area contributed by atoms with Gasteiger partial charge >= 0.3 is 12.1 Å². The zero-order valence-corrected chi connectivity index (χ0v) is 21.4. The molecule has 0 aliphatic carbocycles. The number of hydrogen-bond acceptors (Lipinski definition) is 4. The second kappa shape index (κ2) is 11.3. The summed E-state index contributed by atoms with van der Waals surface area (Å²) in [6.45, 7) is 3.25. The lowest BCUT2D eigenvalue weighted by molar-refractivity contribution is -0.174. The highest BCUT2D eigenvalue weighted by Crippen LogP contribution is 2.30. The molecule has 0 spiro atoms. The van der Waals surface area contributed by atoms with Gasteiger partial charge in [0.2, 0.25) is 0 Å². The van der Waals surface area contributed by atoms with E-state index in [-0.39, 0.29) is 5.82 Å². The number of ether oxygens (including phenoxy) is 1. The maximum Gasteiger partial charge on any atom is 0.471 e. The molecule has 4 rings (SSSR count). The standard InChI is InChI=1S/C27H25F4N3O3S/c1-3-38(36)16-18-4-6-19(7-5-18)25(17(2)33-26(35)27(29,30)31)37-23-12-13-24-20(14-23)15-32-34(24)22-10-8-21(28)9-11-22/h4-15,17,25H,3,16H2,1-2H3,(H,33,35). The van der Waals surface area contributed by atoms with Crippen LogP contribution in [0.1, 0.15) is 31.1 Å². The van der Waals surface area contributed by atoms with E-state index in [1.165, 1.54) is 19.1 Å². The highest BCUT2D eigenvalue weighted by atomic mass is 32.2. The Kier molecular flexibility index (Phi) is 8.15. The molecule has 0 radical (unpaired) electrons. The summed E-state index contributed by atoms with van der Waals surface area (Å²) >= 11 is 0. The summed E-state index contributed by atoms with van der Waals surface area (Å²) in [5.74, 6) is -1.22. The molecule has 0 aliphatic heterocycles. The molecule has 11 heteroatoms. The first-order valence-electron chi connectivity index (χ1n) is 11.8. The van der Waals surface area contributed by atoms with Crippen molar-refractivity contribution in [3.05, 3.63) is 89.9 Å². The number of carbonyl (C=O) groups excluding carboxylic acids is 1. The third-order valence-electron chi connectivity index (χ3n) is 5.90. The fourth-order valence-corrected chi connectivity index (χ4v) is 4.70. The van der Waals surface area contributed by atoms with Crippen LogP contribution in [0.5, 0.6) is 5.75 Å². The van der Waals surface area contributed by atoms with Crippen LogP contribution in [0.2, 0.25) is 0 Å². The normalized spacial score (nSPS) is 14.2. The predicted octanol–water partition coefficient (Wildman–Crippen LogP) is 5.62. The van der Waals surface area contributed by atoms with Crippen LogP contribution in [0.3, 0.4) is 0 Å². The second-order valence-corrected chi connectivity index (χ2v) is 10.4. The van der Waals surface area contributed by atoms with Crippen LogP contribution >= 0.6 is 0 Å². The van der Waals surface area contributed by atoms with Crippen LogP contribution in [-0.4, -0.2) is 37.9 Å². The predicted molar refractivity (Wildman–Crippen MR) is 137 cm³/mol. The topological polar surface area (TPSA) is 73.2 Å². The van der Waals surface area contributed by atoms with Gasteiger partial charge in [0.15, 0.2) is 0 Å². The van der Waals surface area contributed by atoms with E-state index in [9.17, 15) is 26.6 Å². The Balaban J connectivity index is 1.62. The number of benzene rings is 3. The van der Waals surface area contributed by atoms with E-state index in [1.807, 2.05) is 12.2 Å². The number of carbonyl (C=O) groups is 1. The maximum atomic E-state index is 13.3. The molecule has 0 aliphatic rings. The van der Waals surface area contributed by atoms with Crippen molar-refractivity contribution in [2.24, 2.45) is 0 Å². The minimum atomic E-state index is -5.04. The van der Waals surface area contributed by atoms with Gasteiger partial charge in [0, 0.05) is 27.7 Å². The summed E-state index contributed by atoms with van der Waals surface area (Å²) in [5, 5.41) is 7.01. The van der Waals surface area contributed by atoms with Gasteiger partial charge in [0.1, 0.15) is 17.7 Å². The molecule has 200 valence electrons. The minimum Gasteiger partial charge on any atom is -0.484 e. The first-order chi connectivity index (χ1) is 18.0. The second-order valence-electron chi connectivity index (χ2n) is 8.67. The summed E-state index contributed by atoms with van der Waals surface area (Å²) in [5.41, 5.74) is 2.72. The lowest BCUT2D eigenvalue weighted by Gasteiger charge is -2.27. The molecule has 0 bridgehead atoms. The Bertz CT molecular complexity index is 1440. The summed E-state index contributed by atoms with van der Waals surface area (Å²) in [6, 6.07) is 16.7. The number of nitrogens with one attached hydrogen (secondary N) is 1. The third kappa shape index (κ3) is 6.39. The number of amides is 1. The van der Waals surface area contributed by atoms with Gasteiger partial charge in [-0.2, -0.15) is 18.3 Å². The van der Waals surface area contributed by atoms with Crippen LogP contribution in [0.25, 0.3) is 16.6 Å². The minimum absolute atomic E-state index is 0.352. The zero-order valence-electron chi connectivity index (χ0n) is 20.5. The Hall–Kier alpha value is -3.73. The first kappa shape index (κ1) is 27.3. The smallest absolute Gasteiger partial charge is 0.471 e. The Labute approximate surface area is 219 Å². The van der Waals surface area contributed by atoms with E-state index >= 15 is 0 Å². The zero-order chi connectivity index (χ0) is 27.4. The molecule has 1 aromatic heterocycles. The van der Waals surface area contributed by atoms with Gasteiger partial charge < -0.3 is 10.1 Å². The molecule has 0 saturated carbocycles. The fourth-order valence-electron chi connectivity index (χ4n) is 3.93. The number of hydrogen-bond donors (Lipinski definition) is 1. The van der Waals surface area contributed by atoms with Gasteiger partial charge in [-0.15, -0.1) is 0 Å². The number of aromatic nitrogens is 2. The molecule has 1 heterocycles. The summed E-state index contributed by atoms with van der Waals surface area (Å²) in [7, 11) is -1.02. The van der Waals surface area contributed by atoms with Gasteiger partial charge in [-0.3, -0.25) is 9.00 Å². The molecule has 38 heavy (non-hydrogen) atoms. The summed E-state index contributed by atoms with van der Waals surface area (Å²) in [6.07, 6.45) is -4.41. The molecule has 0 fully saturated rings. The third-order valence-corrected chi connectivity index (χ3v) is 7.20. The van der Waals surface area contributed by atoms with Crippen molar-refractivity contribution in [3.8, 4) is 11.4 Å². The van der Waals surface area contributed by atoms with Crippen LogP contribution in [0.15, 0.2) is 72.9 Å². The number of rotatable bonds is 9. The number of fused-ring (bicyclic) bond motifs is 1. The summed E-state index contributed by atoms with van der Waals surface area (Å²) in [4.78, 5) is 11.6. The average molecular weight is 548 g/mol. The van der Waals surface area contributed by atoms with Gasteiger partial charge in [-0.05, 0) is 60.5 Å². The quantitative estimate of drug-likeness (QED) is 0.276. The van der Waals surface area contributed by atoms with Crippen molar-refractivity contribution in [2.45, 2.75) is 37.9 Å². The maximum absolute atomic E-state index is 13.3. The van der Waals surface area contributed by atoms with Crippen LogP contribution in [-0.2, 0) is 21.3 Å². The molecule has 3 unspecified atom stereocenters. The SMILES string of the molecule is CCS(=O)Cc1ccc(C(Oc2ccc3c(cnn3-c3ccc(F)cc3)c2)C(C)NC(=O)C(F)(F)F)cc1. The number of nitrogens with zero attached hydrogens (tertiary/aromatic N) is 2. The Morgan fingerprint density at radius 2 is 1.76 bits per heavy atom. The number of halogens is 4. The van der Waals surface area contributed by atoms with Crippen molar-refractivity contribution in [2.75, 3.05) is 5.75 Å². The fraction of sp³-hybridized carbons (Fsp3) is 0.259. The molecule has 1 N–H and O–H groups in total. The monoisotopic (exact) mass is 547 g/mol. The van der Waals surface area contributed by atoms with Gasteiger partial charge in [0.05, 0.1) is 23.4 Å². The molecule has 3 atom stereocenters. The van der Waals surface area contributed by atoms with Crippen molar-refractivity contribution in [3.63, 3.8) is 0 Å². The molecular formula is C27H25F4N3O3S. The molecule has 0 saturated heterocycles. The lowest BCUT2D eigenvalue weighted by atomic mass is 10.0. The van der Waals surface area contributed by atoms with Gasteiger partial charge in [-0.1, -0.05) is 31.2 Å². The Morgan fingerprint density at radius 1 is 1.08 bits per heavy atom. The highest BCUT2D eigenvalue weighted by Gasteiger charge is 2.40. The van der Waals surface area contributed by atoms with E-state index in [4.69, 9.17) is 4.74 Å². The average Bonchev–Trinajstić information content (AvgIpc) is 3.31. The number of alkyl halides is 3. The molecule has 1 amide bonds. The summed E-state index contributed by atoms with van der Waals surface area (Å²) < 4.78 is 71.8. The van der Waals surface area contributed by atoms with Crippen LogP contribution < -0.4 is 10.1 Å². The molecular weight excluding hydrogens is 522 g/mol.